The van der Waals surface area contributed by atoms with Crippen LogP contribution in [0.4, 0.5) is 5.13 Å². The molecule has 1 aromatic heterocycles. The zero-order chi connectivity index (χ0) is 12.9. The van der Waals surface area contributed by atoms with E-state index < -0.39 is 5.97 Å². The number of nitrogens with one attached hydrogen (secondary N) is 1. The first-order valence-corrected chi connectivity index (χ1v) is 7.25. The summed E-state index contributed by atoms with van der Waals surface area (Å²) < 4.78 is 0. The Bertz CT molecular complexity index is 495. The van der Waals surface area contributed by atoms with Gasteiger partial charge in [0, 0.05) is 11.4 Å². The van der Waals surface area contributed by atoms with E-state index in [9.17, 15) is 4.79 Å². The molecule has 3 rings (SSSR count). The van der Waals surface area contributed by atoms with Crippen LogP contribution in [0.1, 0.15) is 43.2 Å². The fourth-order valence-corrected chi connectivity index (χ4v) is 3.72. The Morgan fingerprint density at radius 2 is 2.33 bits per heavy atom. The van der Waals surface area contributed by atoms with Gasteiger partial charge in [-0.3, -0.25) is 4.79 Å². The highest BCUT2D eigenvalue weighted by Gasteiger charge is 2.45. The molecule has 1 aromatic rings. The first-order valence-electron chi connectivity index (χ1n) is 6.43. The molecule has 0 radical (unpaired) electrons. The van der Waals surface area contributed by atoms with Crippen LogP contribution in [-0.2, 0) is 11.2 Å². The van der Waals surface area contributed by atoms with E-state index in [0.717, 1.165) is 34.6 Å². The number of carboxylic acids is 1. The smallest absolute Gasteiger partial charge is 0.312 e. The molecular weight excluding hydrogens is 248 g/mol. The van der Waals surface area contributed by atoms with Crippen molar-refractivity contribution in [3.8, 4) is 0 Å². The van der Waals surface area contributed by atoms with Gasteiger partial charge in [0.2, 0.25) is 0 Å². The first kappa shape index (κ1) is 12.0. The molecule has 1 heterocycles. The van der Waals surface area contributed by atoms with Crippen molar-refractivity contribution in [1.29, 1.82) is 0 Å². The standard InChI is InChI=1S/C13H18N2O2S/c1-13(2)5-7(13)6-14-12-15-10-8(11(16)17)3-4-9(10)18-12/h7-8H,3-6H2,1-2H3,(H,14,15)(H,16,17). The largest absolute Gasteiger partial charge is 0.481 e. The molecule has 0 saturated heterocycles. The highest BCUT2D eigenvalue weighted by atomic mass is 32.1. The third-order valence-corrected chi connectivity index (χ3v) is 5.32. The SMILES string of the molecule is CC1(C)CC1CNc1nc2c(s1)CCC2C(=O)O. The minimum atomic E-state index is -0.742. The number of carbonyl (C=O) groups is 1. The Morgan fingerprint density at radius 3 is 2.94 bits per heavy atom. The van der Waals surface area contributed by atoms with Gasteiger partial charge >= 0.3 is 5.97 Å². The lowest BCUT2D eigenvalue weighted by Crippen LogP contribution is -2.10. The van der Waals surface area contributed by atoms with Gasteiger partial charge in [0.1, 0.15) is 5.92 Å². The van der Waals surface area contributed by atoms with Gasteiger partial charge in [-0.15, -0.1) is 11.3 Å². The minimum absolute atomic E-state index is 0.385. The number of aromatic nitrogens is 1. The molecule has 5 heteroatoms. The summed E-state index contributed by atoms with van der Waals surface area (Å²) in [6.45, 7) is 5.51. The molecule has 0 aliphatic heterocycles. The number of anilines is 1. The van der Waals surface area contributed by atoms with E-state index in [-0.39, 0.29) is 5.92 Å². The fourth-order valence-electron chi connectivity index (χ4n) is 2.68. The van der Waals surface area contributed by atoms with Crippen LogP contribution in [0, 0.1) is 11.3 Å². The van der Waals surface area contributed by atoms with Crippen LogP contribution in [0.2, 0.25) is 0 Å². The molecule has 18 heavy (non-hydrogen) atoms. The predicted molar refractivity (Wildman–Crippen MR) is 71.2 cm³/mol. The number of nitrogens with zero attached hydrogens (tertiary/aromatic N) is 1. The van der Waals surface area contributed by atoms with Gasteiger partial charge < -0.3 is 10.4 Å². The van der Waals surface area contributed by atoms with Crippen LogP contribution in [0.15, 0.2) is 0 Å². The van der Waals surface area contributed by atoms with E-state index in [1.54, 1.807) is 11.3 Å². The summed E-state index contributed by atoms with van der Waals surface area (Å²) in [5, 5.41) is 13.4. The molecule has 0 aromatic carbocycles. The number of fused-ring (bicyclic) bond motifs is 1. The van der Waals surface area contributed by atoms with Gasteiger partial charge in [-0.2, -0.15) is 0 Å². The van der Waals surface area contributed by atoms with Crippen molar-refractivity contribution in [2.75, 3.05) is 11.9 Å². The average molecular weight is 266 g/mol. The van der Waals surface area contributed by atoms with Gasteiger partial charge in [0.25, 0.3) is 0 Å². The molecular formula is C13H18N2O2S. The molecule has 1 saturated carbocycles. The van der Waals surface area contributed by atoms with Crippen LogP contribution in [-0.4, -0.2) is 22.6 Å². The van der Waals surface area contributed by atoms with E-state index >= 15 is 0 Å². The summed E-state index contributed by atoms with van der Waals surface area (Å²) in [4.78, 5) is 16.7. The third kappa shape index (κ3) is 2.00. The highest BCUT2D eigenvalue weighted by molar-refractivity contribution is 7.15. The van der Waals surface area contributed by atoms with Crippen molar-refractivity contribution in [2.45, 2.75) is 39.0 Å². The van der Waals surface area contributed by atoms with Gasteiger partial charge in [0.15, 0.2) is 5.13 Å². The monoisotopic (exact) mass is 266 g/mol. The van der Waals surface area contributed by atoms with E-state index in [0.29, 0.717) is 11.8 Å². The van der Waals surface area contributed by atoms with Gasteiger partial charge in [-0.1, -0.05) is 13.8 Å². The quantitative estimate of drug-likeness (QED) is 0.879. The summed E-state index contributed by atoms with van der Waals surface area (Å²) in [6.07, 6.45) is 2.84. The Hall–Kier alpha value is -1.10. The summed E-state index contributed by atoms with van der Waals surface area (Å²) in [5.74, 6) is -0.399. The van der Waals surface area contributed by atoms with E-state index in [1.165, 1.54) is 6.42 Å². The Morgan fingerprint density at radius 1 is 1.61 bits per heavy atom. The van der Waals surface area contributed by atoms with Crippen LogP contribution in [0.5, 0.6) is 0 Å². The second-order valence-electron chi connectivity index (χ2n) is 6.03. The van der Waals surface area contributed by atoms with Gasteiger partial charge in [0.05, 0.1) is 5.69 Å². The Kier molecular flexibility index (Phi) is 2.62. The van der Waals surface area contributed by atoms with Crippen LogP contribution in [0.25, 0.3) is 0 Å². The van der Waals surface area contributed by atoms with Gasteiger partial charge in [-0.25, -0.2) is 4.98 Å². The Balaban J connectivity index is 1.65. The average Bonchev–Trinajstić information content (AvgIpc) is 2.65. The van der Waals surface area contributed by atoms with Crippen molar-refractivity contribution in [3.05, 3.63) is 10.6 Å². The second kappa shape index (κ2) is 3.95. The molecule has 2 N–H and O–H groups in total. The summed E-state index contributed by atoms with van der Waals surface area (Å²) in [5.41, 5.74) is 1.27. The normalized spacial score (nSPS) is 27.9. The van der Waals surface area contributed by atoms with E-state index in [1.807, 2.05) is 0 Å². The fraction of sp³-hybridized carbons (Fsp3) is 0.692. The number of rotatable bonds is 4. The van der Waals surface area contributed by atoms with Crippen molar-refractivity contribution in [3.63, 3.8) is 0 Å². The van der Waals surface area contributed by atoms with Crippen molar-refractivity contribution in [2.24, 2.45) is 11.3 Å². The van der Waals surface area contributed by atoms with Crippen molar-refractivity contribution < 1.29 is 9.90 Å². The van der Waals surface area contributed by atoms with E-state index in [2.05, 4.69) is 24.1 Å². The maximum atomic E-state index is 11.1. The summed E-state index contributed by atoms with van der Waals surface area (Å²) >= 11 is 1.63. The summed E-state index contributed by atoms with van der Waals surface area (Å²) in [6, 6.07) is 0. The number of hydrogen-bond acceptors (Lipinski definition) is 4. The maximum absolute atomic E-state index is 11.1. The van der Waals surface area contributed by atoms with Gasteiger partial charge in [-0.05, 0) is 30.6 Å². The molecule has 0 amide bonds. The van der Waals surface area contributed by atoms with Crippen LogP contribution in [0.3, 0.4) is 0 Å². The molecule has 4 nitrogen and oxygen atoms in total. The van der Waals surface area contributed by atoms with Crippen LogP contribution >= 0.6 is 11.3 Å². The number of carboxylic acid groups (broad SMARTS) is 1. The molecule has 2 atom stereocenters. The minimum Gasteiger partial charge on any atom is -0.481 e. The number of aliphatic carboxylic acids is 1. The Labute approximate surface area is 110 Å². The number of aryl methyl sites for hydroxylation is 1. The van der Waals surface area contributed by atoms with Crippen molar-refractivity contribution in [1.82, 2.24) is 4.98 Å². The molecule has 2 aliphatic carbocycles. The predicted octanol–water partition coefficient (Wildman–Crippen LogP) is 2.72. The molecule has 0 spiro atoms. The second-order valence-corrected chi connectivity index (χ2v) is 7.11. The number of hydrogen-bond donors (Lipinski definition) is 2. The summed E-state index contributed by atoms with van der Waals surface area (Å²) in [7, 11) is 0. The lowest BCUT2D eigenvalue weighted by Gasteiger charge is -2.05. The van der Waals surface area contributed by atoms with Crippen molar-refractivity contribution >= 4 is 22.4 Å². The lowest BCUT2D eigenvalue weighted by molar-refractivity contribution is -0.138. The number of thiazole rings is 1. The molecule has 2 aliphatic rings. The zero-order valence-electron chi connectivity index (χ0n) is 10.7. The molecule has 98 valence electrons. The zero-order valence-corrected chi connectivity index (χ0v) is 11.5. The molecule has 1 fully saturated rings. The lowest BCUT2D eigenvalue weighted by atomic mass is 10.1. The molecule has 0 bridgehead atoms. The highest BCUT2D eigenvalue weighted by Crippen LogP contribution is 2.51. The van der Waals surface area contributed by atoms with Crippen LogP contribution < -0.4 is 5.32 Å². The molecule has 2 unspecified atom stereocenters. The topological polar surface area (TPSA) is 62.2 Å². The van der Waals surface area contributed by atoms with E-state index in [4.69, 9.17) is 5.11 Å². The maximum Gasteiger partial charge on any atom is 0.312 e. The third-order valence-electron chi connectivity index (χ3n) is 4.23. The first-order chi connectivity index (χ1) is 8.47.